The van der Waals surface area contributed by atoms with Crippen LogP contribution in [0.3, 0.4) is 0 Å². The van der Waals surface area contributed by atoms with E-state index in [1.807, 2.05) is 11.3 Å². The number of rotatable bonds is 1. The molecule has 4 heterocycles. The van der Waals surface area contributed by atoms with E-state index < -0.39 is 0 Å². The van der Waals surface area contributed by atoms with Crippen LogP contribution in [0.1, 0.15) is 181 Å². The number of fused-ring (bicyclic) bond motifs is 17. The van der Waals surface area contributed by atoms with Gasteiger partial charge in [0.05, 0.1) is 16.7 Å². The third-order valence-corrected chi connectivity index (χ3v) is 20.0. The van der Waals surface area contributed by atoms with Crippen molar-refractivity contribution in [1.29, 1.82) is 0 Å². The normalized spacial score (nSPS) is 19.6. The zero-order chi connectivity index (χ0) is 48.7. The van der Waals surface area contributed by atoms with Gasteiger partial charge in [0, 0.05) is 48.0 Å². The van der Waals surface area contributed by atoms with E-state index in [2.05, 4.69) is 211 Å². The molecule has 2 aromatic heterocycles. The van der Waals surface area contributed by atoms with E-state index in [1.165, 1.54) is 152 Å². The summed E-state index contributed by atoms with van der Waals surface area (Å²) in [6.45, 7) is 39.2. The minimum atomic E-state index is -0.230. The van der Waals surface area contributed by atoms with Crippen molar-refractivity contribution < 1.29 is 0 Å². The summed E-state index contributed by atoms with van der Waals surface area (Å²) in [4.78, 5) is 2.83. The summed E-state index contributed by atoms with van der Waals surface area (Å²) in [5.74, 6) is 0. The molecule has 69 heavy (non-hydrogen) atoms. The lowest BCUT2D eigenvalue weighted by Crippen LogP contribution is -2.60. The molecule has 0 bridgehead atoms. The van der Waals surface area contributed by atoms with E-state index in [4.69, 9.17) is 0 Å². The van der Waals surface area contributed by atoms with E-state index in [0.29, 0.717) is 0 Å². The maximum Gasteiger partial charge on any atom is 0.343 e. The largest absolute Gasteiger partial charge is 0.376 e. The summed E-state index contributed by atoms with van der Waals surface area (Å²) in [6, 6.07) is 37.5. The Hall–Kier alpha value is -5.06. The summed E-state index contributed by atoms with van der Waals surface area (Å²) in [7, 11) is 0. The van der Waals surface area contributed by atoms with E-state index in [-0.39, 0.29) is 44.8 Å². The summed E-state index contributed by atoms with van der Waals surface area (Å²) < 4.78 is 5.67. The van der Waals surface area contributed by atoms with Crippen molar-refractivity contribution in [3.8, 4) is 27.9 Å². The van der Waals surface area contributed by atoms with Crippen LogP contribution in [0.2, 0.25) is 0 Å². The maximum absolute atomic E-state index is 2.84. The molecule has 2 nitrogen and oxygen atoms in total. The van der Waals surface area contributed by atoms with Gasteiger partial charge in [0.2, 0.25) is 0 Å². The highest BCUT2D eigenvalue weighted by molar-refractivity contribution is 7.32. The topological polar surface area (TPSA) is 8.17 Å². The first-order valence-corrected chi connectivity index (χ1v) is 27.0. The fraction of sp³-hybridized carbons (Fsp3) is 0.415. The average molecular weight is 923 g/mol. The van der Waals surface area contributed by atoms with Crippen LogP contribution in [0.5, 0.6) is 0 Å². The van der Waals surface area contributed by atoms with Crippen molar-refractivity contribution in [1.82, 2.24) is 4.57 Å². The SMILES string of the molecule is CC(C)(C)c1ccc(N2B3c4sc5ccc(C(C)(C)C)cc5c4-n4c5cc6c(cc5c5c7c(c(c3c54)-c3cc4c(cc32)C(C)(C)CCC4(C)C)-c2ccccc2C7(C)C)C(C)(C)CCC6(C)C)cc1. The van der Waals surface area contributed by atoms with Crippen LogP contribution in [0.25, 0.3) is 59.8 Å². The lowest BCUT2D eigenvalue weighted by molar-refractivity contribution is 0.332. The second kappa shape index (κ2) is 13.3. The Kier molecular flexibility index (Phi) is 8.44. The van der Waals surface area contributed by atoms with Gasteiger partial charge in [-0.05, 0) is 173 Å². The number of benzene rings is 6. The maximum atomic E-state index is 2.84. The number of nitrogens with zero attached hydrogens (tertiary/aromatic N) is 2. The van der Waals surface area contributed by atoms with Crippen LogP contribution >= 0.6 is 11.3 Å². The zero-order valence-corrected chi connectivity index (χ0v) is 45.2. The molecule has 2 aliphatic heterocycles. The molecule has 13 rings (SSSR count). The Morgan fingerprint density at radius 3 is 1.72 bits per heavy atom. The van der Waals surface area contributed by atoms with Gasteiger partial charge >= 0.3 is 6.85 Å². The van der Waals surface area contributed by atoms with Crippen molar-refractivity contribution in [3.05, 3.63) is 136 Å². The fourth-order valence-electron chi connectivity index (χ4n) is 14.3. The van der Waals surface area contributed by atoms with Crippen molar-refractivity contribution in [2.45, 2.75) is 174 Å². The summed E-state index contributed by atoms with van der Waals surface area (Å²) in [5, 5.41) is 4.28. The highest BCUT2D eigenvalue weighted by Crippen LogP contribution is 2.61. The fourth-order valence-corrected chi connectivity index (χ4v) is 15.6. The van der Waals surface area contributed by atoms with Crippen molar-refractivity contribution >= 4 is 71.7 Å². The molecule has 8 aromatic rings. The molecule has 4 heteroatoms. The third kappa shape index (κ3) is 5.68. The second-order valence-electron chi connectivity index (χ2n) is 27.5. The van der Waals surface area contributed by atoms with E-state index in [1.54, 1.807) is 0 Å². The predicted molar refractivity (Wildman–Crippen MR) is 301 cm³/mol. The van der Waals surface area contributed by atoms with Crippen LogP contribution < -0.4 is 15.1 Å². The molecular weight excluding hydrogens is 852 g/mol. The highest BCUT2D eigenvalue weighted by atomic mass is 32.1. The van der Waals surface area contributed by atoms with Crippen molar-refractivity contribution in [3.63, 3.8) is 0 Å². The lowest BCUT2D eigenvalue weighted by atomic mass is 9.46. The standard InChI is InChI=1S/C65H71BN2S/c1-59(2,3)36-21-24-38(25-22-36)68-49-35-47-45(62(9,10)28-30-64(47,13)14)33-41(49)52-51-39-19-17-18-20-43(39)65(15,16)54(51)53-40-32-44-46(63(11,12)29-27-61(44,7)8)34-48(40)67-56-42-31-37(60(4,5)6)23-26-50(42)69-58(56)66(68)55(52)57(53)67/h17-26,31-35H,27-30H2,1-16H3. The minimum Gasteiger partial charge on any atom is -0.376 e. The van der Waals surface area contributed by atoms with Crippen LogP contribution in [0, 0.1) is 0 Å². The smallest absolute Gasteiger partial charge is 0.343 e. The molecule has 0 unspecified atom stereocenters. The molecule has 3 aliphatic carbocycles. The molecule has 0 fully saturated rings. The van der Waals surface area contributed by atoms with Gasteiger partial charge in [0.1, 0.15) is 0 Å². The summed E-state index contributed by atoms with van der Waals surface area (Å²) in [6.07, 6.45) is 4.74. The molecule has 0 radical (unpaired) electrons. The van der Waals surface area contributed by atoms with Gasteiger partial charge < -0.3 is 9.38 Å². The average Bonchev–Trinajstić information content (AvgIpc) is 3.90. The monoisotopic (exact) mass is 923 g/mol. The molecule has 5 aliphatic rings. The van der Waals surface area contributed by atoms with Gasteiger partial charge in [-0.2, -0.15) is 0 Å². The van der Waals surface area contributed by atoms with E-state index in [0.717, 1.165) is 0 Å². The molecule has 0 N–H and O–H groups in total. The number of hydrogen-bond acceptors (Lipinski definition) is 2. The Balaban J connectivity index is 1.30. The molecule has 0 amide bonds. The summed E-state index contributed by atoms with van der Waals surface area (Å²) >= 11 is 2.05. The first kappa shape index (κ1) is 43.9. The van der Waals surface area contributed by atoms with Gasteiger partial charge in [0.15, 0.2) is 0 Å². The zero-order valence-electron chi connectivity index (χ0n) is 44.4. The molecule has 0 saturated carbocycles. The third-order valence-electron chi connectivity index (χ3n) is 18.8. The van der Waals surface area contributed by atoms with Gasteiger partial charge in [-0.3, -0.25) is 0 Å². The number of hydrogen-bond donors (Lipinski definition) is 0. The van der Waals surface area contributed by atoms with Gasteiger partial charge in [-0.15, -0.1) is 11.3 Å². The molecule has 6 aromatic carbocycles. The first-order valence-electron chi connectivity index (χ1n) is 26.2. The molecule has 0 atom stereocenters. The summed E-state index contributed by atoms with van der Waals surface area (Å²) in [5.41, 5.74) is 25.9. The van der Waals surface area contributed by atoms with E-state index in [9.17, 15) is 0 Å². The molecule has 0 saturated heterocycles. The quantitative estimate of drug-likeness (QED) is 0.149. The predicted octanol–water partition coefficient (Wildman–Crippen LogP) is 16.8. The number of anilines is 2. The van der Waals surface area contributed by atoms with Crippen LogP contribution in [0.15, 0.2) is 91.0 Å². The Morgan fingerprint density at radius 2 is 1.10 bits per heavy atom. The van der Waals surface area contributed by atoms with Gasteiger partial charge in [0.25, 0.3) is 0 Å². The minimum absolute atomic E-state index is 0.00637. The van der Waals surface area contributed by atoms with Crippen LogP contribution in [0.4, 0.5) is 11.4 Å². The second-order valence-corrected chi connectivity index (χ2v) is 28.6. The molecule has 350 valence electrons. The van der Waals surface area contributed by atoms with Crippen LogP contribution in [-0.2, 0) is 37.9 Å². The van der Waals surface area contributed by atoms with E-state index >= 15 is 0 Å². The Morgan fingerprint density at radius 1 is 0.536 bits per heavy atom. The number of thiophene rings is 1. The molecule has 0 spiro atoms. The number of aromatic nitrogens is 1. The lowest BCUT2D eigenvalue weighted by Gasteiger charge is -2.46. The Labute approximate surface area is 416 Å². The van der Waals surface area contributed by atoms with Crippen molar-refractivity contribution in [2.75, 3.05) is 4.81 Å². The van der Waals surface area contributed by atoms with Crippen LogP contribution in [-0.4, -0.2) is 11.4 Å². The highest BCUT2D eigenvalue weighted by Gasteiger charge is 2.52. The van der Waals surface area contributed by atoms with Crippen molar-refractivity contribution in [2.24, 2.45) is 0 Å². The van der Waals surface area contributed by atoms with Gasteiger partial charge in [-0.25, -0.2) is 0 Å². The Bertz CT molecular complexity index is 3610. The van der Waals surface area contributed by atoms with Gasteiger partial charge in [-0.1, -0.05) is 153 Å². The molecular formula is C65H71BN2S. The first-order chi connectivity index (χ1) is 32.2.